The smallest absolute Gasteiger partial charge is 0.292 e. The molecule has 3 nitrogen and oxygen atoms in total. The molecule has 2 rings (SSSR count). The Bertz CT molecular complexity index is 608. The standard InChI is InChI=1S/C16H14FNO2/c1-11(12-5-3-2-4-6-12)18-16(20)15(19)13-7-9-14(17)10-8-13/h2-11H,1H3,(H,18,20). The Labute approximate surface area is 116 Å². The van der Waals surface area contributed by atoms with Crippen LogP contribution in [-0.4, -0.2) is 11.7 Å². The lowest BCUT2D eigenvalue weighted by Gasteiger charge is -2.13. The van der Waals surface area contributed by atoms with Crippen molar-refractivity contribution in [3.63, 3.8) is 0 Å². The predicted molar refractivity (Wildman–Crippen MR) is 73.7 cm³/mol. The number of hydrogen-bond acceptors (Lipinski definition) is 2. The summed E-state index contributed by atoms with van der Waals surface area (Å²) in [7, 11) is 0. The highest BCUT2D eigenvalue weighted by atomic mass is 19.1. The van der Waals surface area contributed by atoms with E-state index in [4.69, 9.17) is 0 Å². The summed E-state index contributed by atoms with van der Waals surface area (Å²) in [6.07, 6.45) is 0. The average Bonchev–Trinajstić information content (AvgIpc) is 2.48. The van der Waals surface area contributed by atoms with Crippen LogP contribution in [0.15, 0.2) is 54.6 Å². The van der Waals surface area contributed by atoms with E-state index >= 15 is 0 Å². The summed E-state index contributed by atoms with van der Waals surface area (Å²) < 4.78 is 12.8. The second-order valence-electron chi connectivity index (χ2n) is 4.44. The first-order valence-corrected chi connectivity index (χ1v) is 6.23. The van der Waals surface area contributed by atoms with E-state index < -0.39 is 17.5 Å². The Balaban J connectivity index is 2.05. The number of ketones is 1. The van der Waals surface area contributed by atoms with Gasteiger partial charge in [-0.05, 0) is 36.8 Å². The number of benzene rings is 2. The molecule has 102 valence electrons. The maximum absolute atomic E-state index is 12.8. The third kappa shape index (κ3) is 3.29. The summed E-state index contributed by atoms with van der Waals surface area (Å²) in [5.74, 6) is -1.82. The highest BCUT2D eigenvalue weighted by molar-refractivity contribution is 6.42. The van der Waals surface area contributed by atoms with Gasteiger partial charge in [0.05, 0.1) is 6.04 Å². The molecular weight excluding hydrogens is 257 g/mol. The molecule has 0 bridgehead atoms. The zero-order chi connectivity index (χ0) is 14.5. The van der Waals surface area contributed by atoms with Crippen LogP contribution in [0, 0.1) is 5.82 Å². The van der Waals surface area contributed by atoms with Crippen LogP contribution in [0.3, 0.4) is 0 Å². The molecule has 0 saturated carbocycles. The van der Waals surface area contributed by atoms with Gasteiger partial charge in [0.25, 0.3) is 5.91 Å². The van der Waals surface area contributed by atoms with Gasteiger partial charge in [-0.1, -0.05) is 30.3 Å². The molecule has 0 aliphatic heterocycles. The number of rotatable bonds is 4. The van der Waals surface area contributed by atoms with Gasteiger partial charge in [-0.25, -0.2) is 4.39 Å². The molecule has 1 amide bonds. The summed E-state index contributed by atoms with van der Waals surface area (Å²) in [5, 5.41) is 2.63. The van der Waals surface area contributed by atoms with Gasteiger partial charge in [0, 0.05) is 5.56 Å². The third-order valence-electron chi connectivity index (χ3n) is 2.96. The van der Waals surface area contributed by atoms with Crippen molar-refractivity contribution in [3.8, 4) is 0 Å². The zero-order valence-corrected chi connectivity index (χ0v) is 11.0. The monoisotopic (exact) mass is 271 g/mol. The van der Waals surface area contributed by atoms with Crippen molar-refractivity contribution in [2.75, 3.05) is 0 Å². The Kier molecular flexibility index (Phi) is 4.25. The molecule has 4 heteroatoms. The second-order valence-corrected chi connectivity index (χ2v) is 4.44. The van der Waals surface area contributed by atoms with Crippen molar-refractivity contribution in [2.45, 2.75) is 13.0 Å². The van der Waals surface area contributed by atoms with Gasteiger partial charge < -0.3 is 5.32 Å². The molecule has 1 atom stereocenters. The molecule has 0 radical (unpaired) electrons. The molecule has 20 heavy (non-hydrogen) atoms. The molecule has 0 aromatic heterocycles. The summed E-state index contributed by atoms with van der Waals surface area (Å²) in [6.45, 7) is 1.80. The van der Waals surface area contributed by atoms with Crippen LogP contribution in [0.1, 0.15) is 28.9 Å². The van der Waals surface area contributed by atoms with Crippen LogP contribution >= 0.6 is 0 Å². The average molecular weight is 271 g/mol. The Morgan fingerprint density at radius 3 is 2.20 bits per heavy atom. The van der Waals surface area contributed by atoms with Crippen molar-refractivity contribution in [1.82, 2.24) is 5.32 Å². The molecule has 2 aromatic carbocycles. The Morgan fingerprint density at radius 1 is 1.00 bits per heavy atom. The van der Waals surface area contributed by atoms with Crippen LogP contribution in [0.25, 0.3) is 0 Å². The zero-order valence-electron chi connectivity index (χ0n) is 11.0. The minimum Gasteiger partial charge on any atom is -0.343 e. The summed E-state index contributed by atoms with van der Waals surface area (Å²) in [5.41, 5.74) is 1.08. The first kappa shape index (κ1) is 13.9. The van der Waals surface area contributed by atoms with Gasteiger partial charge in [0.15, 0.2) is 0 Å². The van der Waals surface area contributed by atoms with E-state index in [0.29, 0.717) is 0 Å². The summed E-state index contributed by atoms with van der Waals surface area (Å²) in [6, 6.07) is 14.0. The van der Waals surface area contributed by atoms with Crippen LogP contribution in [0.5, 0.6) is 0 Å². The van der Waals surface area contributed by atoms with E-state index in [0.717, 1.165) is 17.7 Å². The maximum Gasteiger partial charge on any atom is 0.292 e. The fourth-order valence-corrected chi connectivity index (χ4v) is 1.82. The van der Waals surface area contributed by atoms with Crippen LogP contribution in [-0.2, 0) is 4.79 Å². The maximum atomic E-state index is 12.8. The van der Waals surface area contributed by atoms with Gasteiger partial charge >= 0.3 is 0 Å². The van der Waals surface area contributed by atoms with Gasteiger partial charge in [0.2, 0.25) is 5.78 Å². The second kappa shape index (κ2) is 6.10. The number of carbonyl (C=O) groups excluding carboxylic acids is 2. The van der Waals surface area contributed by atoms with Crippen molar-refractivity contribution in [1.29, 1.82) is 0 Å². The van der Waals surface area contributed by atoms with E-state index in [9.17, 15) is 14.0 Å². The van der Waals surface area contributed by atoms with E-state index in [-0.39, 0.29) is 11.6 Å². The lowest BCUT2D eigenvalue weighted by molar-refractivity contribution is -0.117. The topological polar surface area (TPSA) is 46.2 Å². The first-order chi connectivity index (χ1) is 9.58. The van der Waals surface area contributed by atoms with E-state index in [1.807, 2.05) is 30.3 Å². The van der Waals surface area contributed by atoms with Crippen LogP contribution in [0.2, 0.25) is 0 Å². The molecule has 0 spiro atoms. The molecule has 1 unspecified atom stereocenters. The van der Waals surface area contributed by atoms with Gasteiger partial charge in [0.1, 0.15) is 5.82 Å². The van der Waals surface area contributed by atoms with Gasteiger partial charge in [-0.2, -0.15) is 0 Å². The number of carbonyl (C=O) groups is 2. The first-order valence-electron chi connectivity index (χ1n) is 6.23. The quantitative estimate of drug-likeness (QED) is 0.686. The normalized spacial score (nSPS) is 11.7. The Hall–Kier alpha value is -2.49. The molecule has 0 saturated heterocycles. The fourth-order valence-electron chi connectivity index (χ4n) is 1.82. The highest BCUT2D eigenvalue weighted by Crippen LogP contribution is 2.11. The number of hydrogen-bond donors (Lipinski definition) is 1. The number of nitrogens with one attached hydrogen (secondary N) is 1. The van der Waals surface area contributed by atoms with Crippen molar-refractivity contribution in [2.24, 2.45) is 0 Å². The van der Waals surface area contributed by atoms with Crippen molar-refractivity contribution in [3.05, 3.63) is 71.5 Å². The van der Waals surface area contributed by atoms with E-state index in [1.165, 1.54) is 12.1 Å². The highest BCUT2D eigenvalue weighted by Gasteiger charge is 2.18. The third-order valence-corrected chi connectivity index (χ3v) is 2.96. The number of amides is 1. The van der Waals surface area contributed by atoms with Crippen molar-refractivity contribution < 1.29 is 14.0 Å². The summed E-state index contributed by atoms with van der Waals surface area (Å²) >= 11 is 0. The SMILES string of the molecule is CC(NC(=O)C(=O)c1ccc(F)cc1)c1ccccc1. The van der Waals surface area contributed by atoms with Crippen LogP contribution < -0.4 is 5.32 Å². The fraction of sp³-hybridized carbons (Fsp3) is 0.125. The number of Topliss-reactive ketones (excluding diaryl/α,β-unsaturated/α-hetero) is 1. The molecule has 0 heterocycles. The molecular formula is C16H14FNO2. The lowest BCUT2D eigenvalue weighted by atomic mass is 10.1. The molecule has 0 aliphatic carbocycles. The van der Waals surface area contributed by atoms with E-state index in [1.54, 1.807) is 6.92 Å². The molecule has 1 N–H and O–H groups in total. The Morgan fingerprint density at radius 2 is 1.60 bits per heavy atom. The largest absolute Gasteiger partial charge is 0.343 e. The van der Waals surface area contributed by atoms with Crippen LogP contribution in [0.4, 0.5) is 4.39 Å². The molecule has 0 fully saturated rings. The molecule has 2 aromatic rings. The minimum absolute atomic E-state index is 0.171. The van der Waals surface area contributed by atoms with Crippen molar-refractivity contribution >= 4 is 11.7 Å². The van der Waals surface area contributed by atoms with Gasteiger partial charge in [-0.3, -0.25) is 9.59 Å². The number of halogens is 1. The summed E-state index contributed by atoms with van der Waals surface area (Å²) in [4.78, 5) is 23.7. The van der Waals surface area contributed by atoms with Gasteiger partial charge in [-0.15, -0.1) is 0 Å². The predicted octanol–water partition coefficient (Wildman–Crippen LogP) is 2.89. The lowest BCUT2D eigenvalue weighted by Crippen LogP contribution is -2.33. The molecule has 0 aliphatic rings. The van der Waals surface area contributed by atoms with E-state index in [2.05, 4.69) is 5.32 Å². The minimum atomic E-state index is -0.701.